The molecule has 0 aromatic heterocycles. The zero-order chi connectivity index (χ0) is 11.4. The maximum atomic E-state index is 13.4. The summed E-state index contributed by atoms with van der Waals surface area (Å²) in [5.74, 6) is -0.00622. The highest BCUT2D eigenvalue weighted by atomic mass is 19.1. The Hall–Kier alpha value is -0.930. The highest BCUT2D eigenvalue weighted by Gasteiger charge is 2.13. The molecular formula is C12H18FNO. The van der Waals surface area contributed by atoms with Crippen molar-refractivity contribution in [1.29, 1.82) is 0 Å². The maximum absolute atomic E-state index is 13.4. The van der Waals surface area contributed by atoms with E-state index in [1.54, 1.807) is 19.2 Å². The smallest absolute Gasteiger partial charge is 0.129 e. The van der Waals surface area contributed by atoms with Gasteiger partial charge >= 0.3 is 0 Å². The summed E-state index contributed by atoms with van der Waals surface area (Å²) in [5, 5.41) is 12.5. The molecule has 0 saturated carbocycles. The number of benzene rings is 1. The first kappa shape index (κ1) is 12.1. The molecule has 0 aliphatic carbocycles. The molecule has 0 amide bonds. The van der Waals surface area contributed by atoms with Crippen LogP contribution in [0.3, 0.4) is 0 Å². The Kier molecular flexibility index (Phi) is 4.24. The molecule has 0 aliphatic heterocycles. The third-order valence-electron chi connectivity index (χ3n) is 2.44. The monoisotopic (exact) mass is 211 g/mol. The Bertz CT molecular complexity index is 325. The molecule has 0 saturated heterocycles. The molecule has 1 rings (SSSR count). The quantitative estimate of drug-likeness (QED) is 0.800. The fourth-order valence-electron chi connectivity index (χ4n) is 1.48. The van der Waals surface area contributed by atoms with E-state index in [2.05, 4.69) is 5.32 Å². The van der Waals surface area contributed by atoms with Crippen LogP contribution >= 0.6 is 0 Å². The maximum Gasteiger partial charge on any atom is 0.129 e. The van der Waals surface area contributed by atoms with Crippen molar-refractivity contribution in [2.45, 2.75) is 25.9 Å². The van der Waals surface area contributed by atoms with Gasteiger partial charge in [0.25, 0.3) is 0 Å². The standard InChI is InChI=1S/C12H18FNO/c1-8(2)9-4-5-11(13)10(6-9)12(15)7-14-3/h4-6,8,12,14-15H,7H2,1-3H3. The zero-order valence-corrected chi connectivity index (χ0v) is 9.42. The Balaban J connectivity index is 2.99. The summed E-state index contributed by atoms with van der Waals surface area (Å²) >= 11 is 0. The number of aliphatic hydroxyl groups excluding tert-OH is 1. The lowest BCUT2D eigenvalue weighted by molar-refractivity contribution is 0.173. The molecule has 0 spiro atoms. The van der Waals surface area contributed by atoms with Gasteiger partial charge in [0, 0.05) is 12.1 Å². The third kappa shape index (κ3) is 3.01. The van der Waals surface area contributed by atoms with Crippen LogP contribution in [0.15, 0.2) is 18.2 Å². The highest BCUT2D eigenvalue weighted by molar-refractivity contribution is 5.28. The number of halogens is 1. The SMILES string of the molecule is CNCC(O)c1cc(C(C)C)ccc1F. The topological polar surface area (TPSA) is 32.3 Å². The Morgan fingerprint density at radius 1 is 1.40 bits per heavy atom. The Labute approximate surface area is 90.1 Å². The first-order valence-electron chi connectivity index (χ1n) is 5.18. The van der Waals surface area contributed by atoms with Crippen LogP contribution in [0.4, 0.5) is 4.39 Å². The van der Waals surface area contributed by atoms with E-state index in [4.69, 9.17) is 0 Å². The summed E-state index contributed by atoms with van der Waals surface area (Å²) in [6, 6.07) is 4.92. The molecule has 84 valence electrons. The number of hydrogen-bond donors (Lipinski definition) is 2. The summed E-state index contributed by atoms with van der Waals surface area (Å²) in [7, 11) is 1.73. The molecule has 2 nitrogen and oxygen atoms in total. The summed E-state index contributed by atoms with van der Waals surface area (Å²) in [6.07, 6.45) is -0.784. The van der Waals surface area contributed by atoms with Crippen molar-refractivity contribution in [2.24, 2.45) is 0 Å². The minimum absolute atomic E-state index is 0.339. The van der Waals surface area contributed by atoms with Gasteiger partial charge in [-0.15, -0.1) is 0 Å². The molecule has 3 heteroatoms. The van der Waals surface area contributed by atoms with Crippen LogP contribution in [-0.4, -0.2) is 18.7 Å². The number of aliphatic hydroxyl groups is 1. The lowest BCUT2D eigenvalue weighted by Gasteiger charge is -2.14. The second-order valence-electron chi connectivity index (χ2n) is 4.01. The molecule has 1 unspecified atom stereocenters. The predicted molar refractivity (Wildman–Crippen MR) is 59.4 cm³/mol. The number of hydrogen-bond acceptors (Lipinski definition) is 2. The minimum atomic E-state index is -0.784. The largest absolute Gasteiger partial charge is 0.387 e. The summed E-state index contributed by atoms with van der Waals surface area (Å²) in [6.45, 7) is 4.45. The van der Waals surface area contributed by atoms with Crippen molar-refractivity contribution in [3.05, 3.63) is 35.1 Å². The van der Waals surface area contributed by atoms with E-state index in [9.17, 15) is 9.50 Å². The lowest BCUT2D eigenvalue weighted by Crippen LogP contribution is -2.17. The van der Waals surface area contributed by atoms with E-state index in [1.807, 2.05) is 13.8 Å². The van der Waals surface area contributed by atoms with Crippen LogP contribution in [0.1, 0.15) is 37.0 Å². The molecule has 0 bridgehead atoms. The molecule has 0 heterocycles. The average molecular weight is 211 g/mol. The van der Waals surface area contributed by atoms with Crippen molar-refractivity contribution in [1.82, 2.24) is 5.32 Å². The molecule has 15 heavy (non-hydrogen) atoms. The summed E-state index contributed by atoms with van der Waals surface area (Å²) in [4.78, 5) is 0. The predicted octanol–water partition coefficient (Wildman–Crippen LogP) is 2.20. The number of nitrogens with one attached hydrogen (secondary N) is 1. The van der Waals surface area contributed by atoms with Crippen LogP contribution in [-0.2, 0) is 0 Å². The van der Waals surface area contributed by atoms with Crippen molar-refractivity contribution in [2.75, 3.05) is 13.6 Å². The van der Waals surface area contributed by atoms with Crippen molar-refractivity contribution in [3.63, 3.8) is 0 Å². The van der Waals surface area contributed by atoms with Crippen LogP contribution in [0.5, 0.6) is 0 Å². The van der Waals surface area contributed by atoms with Gasteiger partial charge < -0.3 is 10.4 Å². The first-order chi connectivity index (χ1) is 7.06. The van der Waals surface area contributed by atoms with Gasteiger partial charge in [0.05, 0.1) is 6.10 Å². The molecule has 2 N–H and O–H groups in total. The van der Waals surface area contributed by atoms with E-state index in [0.717, 1.165) is 5.56 Å². The van der Waals surface area contributed by atoms with Crippen molar-refractivity contribution >= 4 is 0 Å². The van der Waals surface area contributed by atoms with E-state index in [1.165, 1.54) is 6.07 Å². The molecule has 0 radical (unpaired) electrons. The lowest BCUT2D eigenvalue weighted by atomic mass is 9.98. The summed E-state index contributed by atoms with van der Waals surface area (Å²) < 4.78 is 13.4. The van der Waals surface area contributed by atoms with Gasteiger partial charge in [0.2, 0.25) is 0 Å². The zero-order valence-electron chi connectivity index (χ0n) is 9.42. The Morgan fingerprint density at radius 2 is 2.07 bits per heavy atom. The van der Waals surface area contributed by atoms with E-state index >= 15 is 0 Å². The summed E-state index contributed by atoms with van der Waals surface area (Å²) in [5.41, 5.74) is 1.41. The number of rotatable bonds is 4. The minimum Gasteiger partial charge on any atom is -0.387 e. The van der Waals surface area contributed by atoms with Gasteiger partial charge in [-0.25, -0.2) is 4.39 Å². The van der Waals surface area contributed by atoms with Gasteiger partial charge in [0.15, 0.2) is 0 Å². The molecular weight excluding hydrogens is 193 g/mol. The van der Waals surface area contributed by atoms with Gasteiger partial charge in [-0.1, -0.05) is 19.9 Å². The van der Waals surface area contributed by atoms with E-state index in [-0.39, 0.29) is 5.82 Å². The Morgan fingerprint density at radius 3 is 2.60 bits per heavy atom. The number of likely N-dealkylation sites (N-methyl/N-ethyl adjacent to an activating group) is 1. The highest BCUT2D eigenvalue weighted by Crippen LogP contribution is 2.22. The van der Waals surface area contributed by atoms with Crippen molar-refractivity contribution in [3.8, 4) is 0 Å². The molecule has 1 aromatic carbocycles. The third-order valence-corrected chi connectivity index (χ3v) is 2.44. The molecule has 0 fully saturated rings. The van der Waals surface area contributed by atoms with E-state index < -0.39 is 6.10 Å². The van der Waals surface area contributed by atoms with Crippen LogP contribution in [0.25, 0.3) is 0 Å². The average Bonchev–Trinajstić information content (AvgIpc) is 2.18. The van der Waals surface area contributed by atoms with Crippen LogP contribution in [0, 0.1) is 5.82 Å². The van der Waals surface area contributed by atoms with Gasteiger partial charge in [-0.2, -0.15) is 0 Å². The second-order valence-corrected chi connectivity index (χ2v) is 4.01. The molecule has 1 aromatic rings. The molecule has 0 aliphatic rings. The van der Waals surface area contributed by atoms with Gasteiger partial charge in [-0.3, -0.25) is 0 Å². The normalized spacial score (nSPS) is 13.2. The molecule has 1 atom stereocenters. The van der Waals surface area contributed by atoms with E-state index in [0.29, 0.717) is 18.0 Å². The van der Waals surface area contributed by atoms with Crippen LogP contribution < -0.4 is 5.32 Å². The first-order valence-corrected chi connectivity index (χ1v) is 5.18. The van der Waals surface area contributed by atoms with Crippen LogP contribution in [0.2, 0.25) is 0 Å². The van der Waals surface area contributed by atoms with Crippen molar-refractivity contribution < 1.29 is 9.50 Å². The van der Waals surface area contributed by atoms with Gasteiger partial charge in [0.1, 0.15) is 5.82 Å². The van der Waals surface area contributed by atoms with Gasteiger partial charge in [-0.05, 0) is 30.7 Å². The fourth-order valence-corrected chi connectivity index (χ4v) is 1.48. The second kappa shape index (κ2) is 5.24. The fraction of sp³-hybridized carbons (Fsp3) is 0.500.